The Morgan fingerprint density at radius 1 is 1.39 bits per heavy atom. The van der Waals surface area contributed by atoms with Crippen LogP contribution in [0.15, 0.2) is 6.07 Å². The number of hydrogen-bond acceptors (Lipinski definition) is 2. The minimum absolute atomic E-state index is 0.0405. The van der Waals surface area contributed by atoms with Crippen molar-refractivity contribution in [2.45, 2.75) is 51.5 Å². The molecule has 1 aliphatic rings. The molecule has 2 nitrogen and oxygen atoms in total. The van der Waals surface area contributed by atoms with Crippen LogP contribution in [-0.4, -0.2) is 17.3 Å². The van der Waals surface area contributed by atoms with Gasteiger partial charge < -0.3 is 5.32 Å². The molecular weight excluding hydrogens is 266 g/mol. The van der Waals surface area contributed by atoms with Crippen LogP contribution in [0.3, 0.4) is 0 Å². The molecule has 1 aromatic rings. The highest BCUT2D eigenvalue weighted by atomic mass is 35.5. The van der Waals surface area contributed by atoms with Crippen LogP contribution >= 0.6 is 22.9 Å². The highest BCUT2D eigenvalue weighted by Crippen LogP contribution is 2.30. The largest absolute Gasteiger partial charge is 0.345 e. The molecule has 2 rings (SSSR count). The summed E-state index contributed by atoms with van der Waals surface area (Å²) in [6.45, 7) is 4.09. The van der Waals surface area contributed by atoms with Crippen molar-refractivity contribution < 1.29 is 4.79 Å². The molecule has 0 spiro atoms. The lowest BCUT2D eigenvalue weighted by molar-refractivity contribution is 0.0889. The van der Waals surface area contributed by atoms with E-state index in [9.17, 15) is 4.79 Å². The molecule has 0 aliphatic heterocycles. The summed E-state index contributed by atoms with van der Waals surface area (Å²) >= 11 is 7.66. The topological polar surface area (TPSA) is 29.1 Å². The van der Waals surface area contributed by atoms with Gasteiger partial charge in [-0.1, -0.05) is 19.3 Å². The lowest BCUT2D eigenvalue weighted by atomic mass is 9.83. The summed E-state index contributed by atoms with van der Waals surface area (Å²) in [6.07, 6.45) is 5.59. The zero-order valence-electron chi connectivity index (χ0n) is 11.0. The minimum Gasteiger partial charge on any atom is -0.345 e. The number of alkyl halides is 1. The Morgan fingerprint density at radius 2 is 2.06 bits per heavy atom. The van der Waals surface area contributed by atoms with E-state index >= 15 is 0 Å². The van der Waals surface area contributed by atoms with Crippen LogP contribution in [0.1, 0.15) is 52.2 Å². The van der Waals surface area contributed by atoms with Crippen LogP contribution in [0.4, 0.5) is 0 Å². The maximum Gasteiger partial charge on any atom is 0.261 e. The molecule has 0 radical (unpaired) electrons. The fraction of sp³-hybridized carbons (Fsp3) is 0.643. The van der Waals surface area contributed by atoms with Crippen molar-refractivity contribution in [3.63, 3.8) is 0 Å². The normalized spacial score (nSPS) is 18.6. The van der Waals surface area contributed by atoms with E-state index in [1.807, 2.05) is 13.0 Å². The molecule has 0 atom stereocenters. The van der Waals surface area contributed by atoms with E-state index in [1.165, 1.54) is 16.9 Å². The second-order valence-corrected chi connectivity index (χ2v) is 6.80. The van der Waals surface area contributed by atoms with Crippen molar-refractivity contribution in [3.8, 4) is 0 Å². The van der Waals surface area contributed by atoms with Gasteiger partial charge in [-0.05, 0) is 38.3 Å². The molecule has 18 heavy (non-hydrogen) atoms. The van der Waals surface area contributed by atoms with Crippen molar-refractivity contribution >= 4 is 28.8 Å². The van der Waals surface area contributed by atoms with Gasteiger partial charge in [-0.2, -0.15) is 0 Å². The third-order valence-electron chi connectivity index (χ3n) is 3.83. The summed E-state index contributed by atoms with van der Waals surface area (Å²) in [5, 5.41) is 3.18. The van der Waals surface area contributed by atoms with Gasteiger partial charge in [0.25, 0.3) is 5.91 Å². The molecule has 1 fully saturated rings. The molecule has 1 saturated carbocycles. The number of halogens is 1. The van der Waals surface area contributed by atoms with Gasteiger partial charge in [0.05, 0.1) is 10.4 Å². The van der Waals surface area contributed by atoms with E-state index in [1.54, 1.807) is 11.3 Å². The first-order valence-electron chi connectivity index (χ1n) is 6.52. The van der Waals surface area contributed by atoms with Gasteiger partial charge >= 0.3 is 0 Å². The van der Waals surface area contributed by atoms with Crippen LogP contribution < -0.4 is 5.32 Å². The van der Waals surface area contributed by atoms with Crippen LogP contribution in [0, 0.1) is 13.8 Å². The Kier molecular flexibility index (Phi) is 4.33. The summed E-state index contributed by atoms with van der Waals surface area (Å²) in [4.78, 5) is 14.3. The summed E-state index contributed by atoms with van der Waals surface area (Å²) in [7, 11) is 0. The molecule has 100 valence electrons. The summed E-state index contributed by atoms with van der Waals surface area (Å²) in [5.74, 6) is 0.556. The van der Waals surface area contributed by atoms with Gasteiger partial charge in [0.1, 0.15) is 0 Å². The number of carbonyl (C=O) groups is 1. The van der Waals surface area contributed by atoms with E-state index in [2.05, 4.69) is 12.2 Å². The van der Waals surface area contributed by atoms with Crippen LogP contribution in [0.2, 0.25) is 0 Å². The van der Waals surface area contributed by atoms with Crippen molar-refractivity contribution in [2.75, 3.05) is 5.88 Å². The van der Waals surface area contributed by atoms with Crippen molar-refractivity contribution in [1.82, 2.24) is 5.32 Å². The monoisotopic (exact) mass is 285 g/mol. The molecule has 0 saturated heterocycles. The first-order valence-corrected chi connectivity index (χ1v) is 7.87. The number of thiophene rings is 1. The SMILES string of the molecule is Cc1cc(C(=O)NC2(CCl)CCCCC2)sc1C. The average molecular weight is 286 g/mol. The Balaban J connectivity index is 2.09. The number of aryl methyl sites for hydroxylation is 2. The Bertz CT molecular complexity index is 416. The Morgan fingerprint density at radius 3 is 2.56 bits per heavy atom. The maximum absolute atomic E-state index is 12.3. The van der Waals surface area contributed by atoms with E-state index in [0.29, 0.717) is 5.88 Å². The van der Waals surface area contributed by atoms with Crippen LogP contribution in [-0.2, 0) is 0 Å². The first-order chi connectivity index (χ1) is 8.56. The summed E-state index contributed by atoms with van der Waals surface area (Å²) < 4.78 is 0. The van der Waals surface area contributed by atoms with Gasteiger partial charge in [0.2, 0.25) is 0 Å². The molecule has 1 amide bonds. The van der Waals surface area contributed by atoms with Crippen LogP contribution in [0.25, 0.3) is 0 Å². The quantitative estimate of drug-likeness (QED) is 0.835. The van der Waals surface area contributed by atoms with Gasteiger partial charge in [0.15, 0.2) is 0 Å². The van der Waals surface area contributed by atoms with Gasteiger partial charge in [-0.15, -0.1) is 22.9 Å². The van der Waals surface area contributed by atoms with E-state index in [-0.39, 0.29) is 11.4 Å². The zero-order valence-corrected chi connectivity index (χ0v) is 12.6. The highest BCUT2D eigenvalue weighted by molar-refractivity contribution is 7.14. The van der Waals surface area contributed by atoms with Gasteiger partial charge in [-0.25, -0.2) is 0 Å². The molecule has 1 heterocycles. The van der Waals surface area contributed by atoms with E-state index in [4.69, 9.17) is 11.6 Å². The predicted octanol–water partition coefficient (Wildman–Crippen LogP) is 4.04. The van der Waals surface area contributed by atoms with Gasteiger partial charge in [-0.3, -0.25) is 4.79 Å². The lowest BCUT2D eigenvalue weighted by Crippen LogP contribution is -2.51. The fourth-order valence-corrected chi connectivity index (χ4v) is 3.77. The van der Waals surface area contributed by atoms with Gasteiger partial charge in [0, 0.05) is 10.8 Å². The smallest absolute Gasteiger partial charge is 0.261 e. The standard InChI is InChI=1S/C14H20ClNOS/c1-10-8-12(18-11(10)2)13(17)16-14(9-15)6-4-3-5-7-14/h8H,3-7,9H2,1-2H3,(H,16,17). The second kappa shape index (κ2) is 5.62. The third kappa shape index (κ3) is 2.89. The predicted molar refractivity (Wildman–Crippen MR) is 77.8 cm³/mol. The van der Waals surface area contributed by atoms with Crippen molar-refractivity contribution in [3.05, 3.63) is 21.4 Å². The summed E-state index contributed by atoms with van der Waals surface area (Å²) in [5.41, 5.74) is 1.01. The second-order valence-electron chi connectivity index (χ2n) is 5.28. The molecular formula is C14H20ClNOS. The number of rotatable bonds is 3. The van der Waals surface area contributed by atoms with E-state index in [0.717, 1.165) is 30.6 Å². The zero-order chi connectivity index (χ0) is 13.2. The molecule has 0 unspecified atom stereocenters. The molecule has 0 aromatic carbocycles. The fourth-order valence-electron chi connectivity index (χ4n) is 2.51. The summed E-state index contributed by atoms with van der Waals surface area (Å²) in [6, 6.07) is 1.97. The highest BCUT2D eigenvalue weighted by Gasteiger charge is 2.33. The number of hydrogen-bond donors (Lipinski definition) is 1. The molecule has 0 bridgehead atoms. The molecule has 1 N–H and O–H groups in total. The van der Waals surface area contributed by atoms with Crippen LogP contribution in [0.5, 0.6) is 0 Å². The molecule has 1 aliphatic carbocycles. The first kappa shape index (κ1) is 13.9. The third-order valence-corrected chi connectivity index (χ3v) is 5.50. The Labute approximate surface area is 118 Å². The molecule has 1 aromatic heterocycles. The van der Waals surface area contributed by atoms with Crippen molar-refractivity contribution in [2.24, 2.45) is 0 Å². The number of amides is 1. The average Bonchev–Trinajstić information content (AvgIpc) is 2.71. The minimum atomic E-state index is -0.178. The number of carbonyl (C=O) groups excluding carboxylic acids is 1. The molecule has 4 heteroatoms. The Hall–Kier alpha value is -0.540. The number of nitrogens with one attached hydrogen (secondary N) is 1. The maximum atomic E-state index is 12.3. The van der Waals surface area contributed by atoms with E-state index < -0.39 is 0 Å². The van der Waals surface area contributed by atoms with Crippen molar-refractivity contribution in [1.29, 1.82) is 0 Å². The lowest BCUT2D eigenvalue weighted by Gasteiger charge is -2.36.